The molecule has 4 aromatic heterocycles. The first-order valence-corrected chi connectivity index (χ1v) is 29.3. The molecule has 10 heterocycles. The quantitative estimate of drug-likeness (QED) is 0.0751. The fourth-order valence-corrected chi connectivity index (χ4v) is 13.7. The number of benzene rings is 2. The molecule has 12 rings (SSSR count). The lowest BCUT2D eigenvalue weighted by atomic mass is 9.96. The molecule has 6 saturated heterocycles. The van der Waals surface area contributed by atoms with Gasteiger partial charge in [-0.05, 0) is 135 Å². The van der Waals surface area contributed by atoms with E-state index in [1.54, 1.807) is 31.7 Å². The number of piperazine rings is 2. The number of ether oxygens (including phenoxy) is 4. The highest BCUT2D eigenvalue weighted by Crippen LogP contribution is 2.45. The number of amides is 2. The van der Waals surface area contributed by atoms with E-state index in [2.05, 4.69) is 29.7 Å². The van der Waals surface area contributed by atoms with Crippen LogP contribution in [0.2, 0.25) is 5.15 Å². The highest BCUT2D eigenvalue weighted by molar-refractivity contribution is 6.30. The summed E-state index contributed by atoms with van der Waals surface area (Å²) in [5.74, 6) is -0.995. The molecule has 6 aliphatic rings. The van der Waals surface area contributed by atoms with E-state index in [1.165, 1.54) is 23.4 Å². The number of rotatable bonds is 15. The Morgan fingerprint density at radius 3 is 1.92 bits per heavy atom. The van der Waals surface area contributed by atoms with Gasteiger partial charge in [0.25, 0.3) is 0 Å². The van der Waals surface area contributed by atoms with Gasteiger partial charge in [0.05, 0.1) is 22.9 Å². The number of fused-ring (bicyclic) bond motifs is 7. The van der Waals surface area contributed by atoms with Gasteiger partial charge in [-0.15, -0.1) is 0 Å². The summed E-state index contributed by atoms with van der Waals surface area (Å²) < 4.78 is 57.7. The number of likely N-dealkylation sites (tertiary alicyclic amines) is 2. The predicted molar refractivity (Wildman–Crippen MR) is 309 cm³/mol. The molecule has 4 unspecified atom stereocenters. The fourth-order valence-electron chi connectivity index (χ4n) is 13.6. The standard InChI is InChI=1S/C60H69ClF2N12O9/c1-57(2,3)83-55(79)74-36-15-17-59(74,33-76)31-73(27-36)52-44-26-65-50(61)46(63)49(44)67-54(69-52)82-30-39-13-10-21-71(39)22-19-58(4,5)84-56(80)75-37-16-18-60(75,34-77)32-72(28-37)51-43-25-64-47(42-24-40(78)23-35-11-7-8-14-41(35)42)45(62)48(43)66-53(68-51)81-29-38-12-9-20-70(38)6/h7-8,11,14,23-26,33-34,36-39,78H,9-10,12-13,15-22,27-32H2,1-6H3/t36?,37?,38-,39-,59?,60?/m0/s1. The van der Waals surface area contributed by atoms with Crippen molar-refractivity contribution in [2.45, 2.75) is 139 Å². The first kappa shape index (κ1) is 57.1. The number of phenolic OH excluding ortho intramolecular Hbond substituents is 1. The molecule has 6 atom stereocenters. The van der Waals surface area contributed by atoms with E-state index in [9.17, 15) is 24.3 Å². The van der Waals surface area contributed by atoms with Crippen molar-refractivity contribution in [2.24, 2.45) is 0 Å². The zero-order chi connectivity index (χ0) is 59.0. The van der Waals surface area contributed by atoms with Gasteiger partial charge in [-0.3, -0.25) is 19.7 Å². The number of pyridine rings is 2. The topological polar surface area (TPSA) is 222 Å². The predicted octanol–water partition coefficient (Wildman–Crippen LogP) is 8.52. The van der Waals surface area contributed by atoms with Crippen LogP contribution >= 0.6 is 11.6 Å². The van der Waals surface area contributed by atoms with Crippen LogP contribution in [0.1, 0.15) is 92.4 Å². The third kappa shape index (κ3) is 10.6. The van der Waals surface area contributed by atoms with Crippen molar-refractivity contribution in [1.82, 2.24) is 49.5 Å². The molecule has 6 aromatic rings. The van der Waals surface area contributed by atoms with Gasteiger partial charge in [-0.2, -0.15) is 19.9 Å². The maximum absolute atomic E-state index is 17.2. The molecule has 6 aliphatic heterocycles. The van der Waals surface area contributed by atoms with Gasteiger partial charge in [0.2, 0.25) is 0 Å². The smallest absolute Gasteiger partial charge is 0.411 e. The third-order valence-corrected chi connectivity index (χ3v) is 18.1. The number of hydrogen-bond donors (Lipinski definition) is 1. The Kier molecular flexibility index (Phi) is 14.9. The third-order valence-electron chi connectivity index (χ3n) is 17.8. The van der Waals surface area contributed by atoms with Crippen LogP contribution in [0.25, 0.3) is 43.8 Å². The normalized spacial score (nSPS) is 24.6. The van der Waals surface area contributed by atoms with Gasteiger partial charge in [-0.1, -0.05) is 35.9 Å². The highest BCUT2D eigenvalue weighted by atomic mass is 35.5. The Balaban J connectivity index is 0.735. The molecular weight excluding hydrogens is 1110 g/mol. The molecule has 1 N–H and O–H groups in total. The van der Waals surface area contributed by atoms with Crippen LogP contribution in [0.5, 0.6) is 17.8 Å². The maximum Gasteiger partial charge on any atom is 0.411 e. The molecule has 0 saturated carbocycles. The van der Waals surface area contributed by atoms with Crippen molar-refractivity contribution in [3.8, 4) is 29.0 Å². The van der Waals surface area contributed by atoms with Gasteiger partial charge in [0.1, 0.15) is 82.2 Å². The number of carbonyl (C=O) groups excluding carboxylic acids is 4. The number of nitrogens with zero attached hydrogens (tertiary/aromatic N) is 12. The minimum absolute atomic E-state index is 0.00620. The molecule has 21 nitrogen and oxygen atoms in total. The number of hydrogen-bond acceptors (Lipinski definition) is 19. The summed E-state index contributed by atoms with van der Waals surface area (Å²) in [6.45, 7) is 12.3. The summed E-state index contributed by atoms with van der Waals surface area (Å²) in [4.78, 5) is 93.3. The van der Waals surface area contributed by atoms with Crippen LogP contribution in [0, 0.1) is 11.6 Å². The van der Waals surface area contributed by atoms with Gasteiger partial charge < -0.3 is 48.3 Å². The maximum atomic E-state index is 17.2. The lowest BCUT2D eigenvalue weighted by Crippen LogP contribution is -2.65. The minimum atomic E-state index is -1.30. The molecule has 4 bridgehead atoms. The van der Waals surface area contributed by atoms with Crippen LogP contribution in [-0.2, 0) is 19.1 Å². The average Bonchev–Trinajstić information content (AvgIpc) is 2.41. The molecule has 0 spiro atoms. The summed E-state index contributed by atoms with van der Waals surface area (Å²) in [7, 11) is 2.03. The zero-order valence-corrected chi connectivity index (χ0v) is 48.8. The number of aldehydes is 2. The van der Waals surface area contributed by atoms with Gasteiger partial charge >= 0.3 is 24.2 Å². The lowest BCUT2D eigenvalue weighted by Gasteiger charge is -2.47. The van der Waals surface area contributed by atoms with Crippen molar-refractivity contribution in [2.75, 3.05) is 75.9 Å². The van der Waals surface area contributed by atoms with E-state index in [0.29, 0.717) is 72.0 Å². The molecule has 24 heteroatoms. The zero-order valence-electron chi connectivity index (χ0n) is 48.0. The lowest BCUT2D eigenvalue weighted by molar-refractivity contribution is -0.118. The fraction of sp³-hybridized carbons (Fsp3) is 0.533. The summed E-state index contributed by atoms with van der Waals surface area (Å²) in [6.07, 6.45) is 9.18. The van der Waals surface area contributed by atoms with E-state index in [-0.39, 0.29) is 103 Å². The van der Waals surface area contributed by atoms with E-state index in [4.69, 9.17) is 40.5 Å². The van der Waals surface area contributed by atoms with Gasteiger partial charge in [-0.25, -0.2) is 23.4 Å². The van der Waals surface area contributed by atoms with Crippen molar-refractivity contribution in [1.29, 1.82) is 0 Å². The number of likely N-dealkylation sites (N-methyl/N-ethyl adjacent to an activating group) is 1. The second kappa shape index (κ2) is 21.9. The van der Waals surface area contributed by atoms with E-state index in [0.717, 1.165) is 51.3 Å². The van der Waals surface area contributed by atoms with Crippen molar-refractivity contribution in [3.05, 3.63) is 65.6 Å². The summed E-state index contributed by atoms with van der Waals surface area (Å²) in [5.41, 5.74) is -4.01. The molecule has 84 heavy (non-hydrogen) atoms. The van der Waals surface area contributed by atoms with Crippen molar-refractivity contribution < 1.29 is 52.0 Å². The highest BCUT2D eigenvalue weighted by Gasteiger charge is 2.57. The molecule has 6 fully saturated rings. The Bertz CT molecular complexity index is 3600. The summed E-state index contributed by atoms with van der Waals surface area (Å²) >= 11 is 6.19. The first-order valence-electron chi connectivity index (χ1n) is 28.9. The Morgan fingerprint density at radius 1 is 0.738 bits per heavy atom. The molecule has 444 valence electrons. The number of anilines is 2. The van der Waals surface area contributed by atoms with Crippen LogP contribution in [0.15, 0.2) is 48.8 Å². The van der Waals surface area contributed by atoms with Gasteiger partial charge in [0.15, 0.2) is 16.8 Å². The molecule has 2 amide bonds. The summed E-state index contributed by atoms with van der Waals surface area (Å²) in [6, 6.07) is 9.48. The monoisotopic (exact) mass is 1170 g/mol. The Labute approximate surface area is 489 Å². The van der Waals surface area contributed by atoms with Crippen molar-refractivity contribution >= 4 is 80.6 Å². The summed E-state index contributed by atoms with van der Waals surface area (Å²) in [5, 5.41) is 12.3. The molecular formula is C60H69ClF2N12O9. The van der Waals surface area contributed by atoms with Crippen LogP contribution in [0.3, 0.4) is 0 Å². The average molecular weight is 1180 g/mol. The van der Waals surface area contributed by atoms with Gasteiger partial charge in [0, 0.05) is 62.8 Å². The number of aromatic hydroxyl groups is 1. The molecule has 0 aliphatic carbocycles. The van der Waals surface area contributed by atoms with E-state index in [1.807, 2.05) is 55.0 Å². The van der Waals surface area contributed by atoms with E-state index < -0.39 is 52.1 Å². The van der Waals surface area contributed by atoms with Crippen LogP contribution in [-0.4, -0.2) is 192 Å². The number of aromatic nitrogens is 6. The first-order chi connectivity index (χ1) is 40.2. The second-order valence-corrected chi connectivity index (χ2v) is 25.5. The number of halogens is 3. The molecule has 0 radical (unpaired) electrons. The largest absolute Gasteiger partial charge is 0.508 e. The van der Waals surface area contributed by atoms with Crippen LogP contribution in [0.4, 0.5) is 30.0 Å². The Morgan fingerprint density at radius 2 is 1.31 bits per heavy atom. The second-order valence-electron chi connectivity index (χ2n) is 25.1. The molecule has 2 aromatic carbocycles. The van der Waals surface area contributed by atoms with Crippen molar-refractivity contribution in [3.63, 3.8) is 0 Å². The number of carbonyl (C=O) groups is 4. The van der Waals surface area contributed by atoms with E-state index >= 15 is 8.78 Å². The Hall–Kier alpha value is -7.37. The van der Waals surface area contributed by atoms with Crippen LogP contribution < -0.4 is 19.3 Å². The number of phenols is 1. The SMILES string of the molecule is CN1CCC[C@H]1COc1nc(N2CC3CCC(C=O)(C2)N3C(=O)OC(C)(C)CCN2CCC[C@H]2COc2nc(N3CC4CCC(C=O)(C3)N4C(=O)OC(C)(C)C)c3cnc(Cl)c(F)c3n2)c2cnc(-c3cc(O)cc4ccccc34)c(F)c2n1. The minimum Gasteiger partial charge on any atom is -0.508 e.